The molecular weight excluding hydrogens is 305 g/mol. The number of benzene rings is 2. The van der Waals surface area contributed by atoms with E-state index in [0.29, 0.717) is 10.8 Å². The highest BCUT2D eigenvalue weighted by atomic mass is 35.5. The third-order valence-electron chi connectivity index (χ3n) is 3.45. The first-order chi connectivity index (χ1) is 10.1. The molecule has 4 heteroatoms. The second kappa shape index (κ2) is 7.17. The van der Waals surface area contributed by atoms with E-state index in [4.69, 9.17) is 27.9 Å². The van der Waals surface area contributed by atoms with E-state index < -0.39 is 0 Å². The quantitative estimate of drug-likeness (QED) is 0.835. The van der Waals surface area contributed by atoms with Crippen LogP contribution >= 0.6 is 23.2 Å². The number of aryl methyl sites for hydroxylation is 1. The van der Waals surface area contributed by atoms with Crippen LogP contribution in [-0.4, -0.2) is 13.7 Å². The van der Waals surface area contributed by atoms with Crippen molar-refractivity contribution in [1.29, 1.82) is 0 Å². The zero-order valence-electron chi connectivity index (χ0n) is 12.4. The molecule has 0 aliphatic heterocycles. The summed E-state index contributed by atoms with van der Waals surface area (Å²) in [5.74, 6) is 0.676. The lowest BCUT2D eigenvalue weighted by Crippen LogP contribution is -2.22. The van der Waals surface area contributed by atoms with Crippen LogP contribution in [0.2, 0.25) is 10.0 Å². The summed E-state index contributed by atoms with van der Waals surface area (Å²) in [4.78, 5) is 0. The fourth-order valence-electron chi connectivity index (χ4n) is 2.28. The van der Waals surface area contributed by atoms with Crippen LogP contribution in [0.25, 0.3) is 0 Å². The fourth-order valence-corrected chi connectivity index (χ4v) is 2.66. The summed E-state index contributed by atoms with van der Waals surface area (Å²) in [5.41, 5.74) is 3.29. The zero-order valence-corrected chi connectivity index (χ0v) is 13.9. The van der Waals surface area contributed by atoms with Crippen LogP contribution in [0.4, 0.5) is 0 Å². The Morgan fingerprint density at radius 3 is 2.33 bits per heavy atom. The summed E-state index contributed by atoms with van der Waals surface area (Å²) >= 11 is 12.4. The number of hydrogen-bond donors (Lipinski definition) is 1. The number of ether oxygens (including phenoxy) is 1. The normalized spacial score (nSPS) is 12.2. The lowest BCUT2D eigenvalue weighted by Gasteiger charge is -2.20. The van der Waals surface area contributed by atoms with Gasteiger partial charge < -0.3 is 10.1 Å². The minimum Gasteiger partial charge on any atom is -0.495 e. The summed E-state index contributed by atoms with van der Waals surface area (Å²) in [6.45, 7) is 4.93. The molecule has 0 heterocycles. The van der Waals surface area contributed by atoms with Gasteiger partial charge in [0.05, 0.1) is 18.2 Å². The van der Waals surface area contributed by atoms with Gasteiger partial charge in [-0.1, -0.05) is 48.3 Å². The molecule has 1 N–H and O–H groups in total. The van der Waals surface area contributed by atoms with Crippen molar-refractivity contribution in [3.63, 3.8) is 0 Å². The van der Waals surface area contributed by atoms with Gasteiger partial charge in [-0.05, 0) is 48.4 Å². The molecule has 1 atom stereocenters. The van der Waals surface area contributed by atoms with Crippen molar-refractivity contribution in [2.45, 2.75) is 19.9 Å². The third kappa shape index (κ3) is 3.70. The molecule has 0 aliphatic rings. The molecule has 0 fully saturated rings. The van der Waals surface area contributed by atoms with Gasteiger partial charge in [-0.3, -0.25) is 0 Å². The van der Waals surface area contributed by atoms with Gasteiger partial charge in [-0.25, -0.2) is 0 Å². The van der Waals surface area contributed by atoms with Crippen molar-refractivity contribution < 1.29 is 4.74 Å². The van der Waals surface area contributed by atoms with Crippen molar-refractivity contribution in [2.75, 3.05) is 13.7 Å². The molecule has 21 heavy (non-hydrogen) atoms. The molecule has 2 aromatic rings. The van der Waals surface area contributed by atoms with Crippen LogP contribution in [0.5, 0.6) is 5.75 Å². The standard InChI is InChI=1S/C17H19Cl2NO/c1-4-20-17(12-6-5-11(2)15(19)9-12)13-7-8-14(18)16(10-13)21-3/h5-10,17,20H,4H2,1-3H3. The number of hydrogen-bond acceptors (Lipinski definition) is 2. The van der Waals surface area contributed by atoms with E-state index in [0.717, 1.165) is 28.3 Å². The highest BCUT2D eigenvalue weighted by Gasteiger charge is 2.15. The Balaban J connectivity index is 2.44. The van der Waals surface area contributed by atoms with E-state index in [2.05, 4.69) is 18.3 Å². The third-order valence-corrected chi connectivity index (χ3v) is 4.17. The number of nitrogens with one attached hydrogen (secondary N) is 1. The van der Waals surface area contributed by atoms with Gasteiger partial charge in [0.15, 0.2) is 0 Å². The monoisotopic (exact) mass is 323 g/mol. The molecule has 0 bridgehead atoms. The van der Waals surface area contributed by atoms with E-state index >= 15 is 0 Å². The van der Waals surface area contributed by atoms with Gasteiger partial charge in [0.1, 0.15) is 5.75 Å². The zero-order chi connectivity index (χ0) is 15.4. The Hall–Kier alpha value is -1.22. The average Bonchev–Trinajstić information content (AvgIpc) is 2.48. The molecule has 2 rings (SSSR count). The van der Waals surface area contributed by atoms with Gasteiger partial charge in [0, 0.05) is 5.02 Å². The number of rotatable bonds is 5. The maximum Gasteiger partial charge on any atom is 0.137 e. The first-order valence-electron chi connectivity index (χ1n) is 6.89. The summed E-state index contributed by atoms with van der Waals surface area (Å²) in [6.07, 6.45) is 0. The fraction of sp³-hybridized carbons (Fsp3) is 0.294. The molecule has 0 aromatic heterocycles. The summed E-state index contributed by atoms with van der Waals surface area (Å²) in [7, 11) is 1.62. The van der Waals surface area contributed by atoms with E-state index in [1.807, 2.05) is 37.3 Å². The molecule has 2 aromatic carbocycles. The van der Waals surface area contributed by atoms with Crippen molar-refractivity contribution in [2.24, 2.45) is 0 Å². The molecule has 0 radical (unpaired) electrons. The second-order valence-corrected chi connectivity index (χ2v) is 5.71. The Morgan fingerprint density at radius 1 is 1.05 bits per heavy atom. The van der Waals surface area contributed by atoms with Gasteiger partial charge in [-0.2, -0.15) is 0 Å². The Kier molecular flexibility index (Phi) is 5.51. The summed E-state index contributed by atoms with van der Waals surface area (Å²) < 4.78 is 5.31. The van der Waals surface area contributed by atoms with Crippen LogP contribution < -0.4 is 10.1 Å². The van der Waals surface area contributed by atoms with Gasteiger partial charge in [0.2, 0.25) is 0 Å². The first-order valence-corrected chi connectivity index (χ1v) is 7.65. The predicted molar refractivity (Wildman–Crippen MR) is 89.7 cm³/mol. The smallest absolute Gasteiger partial charge is 0.137 e. The average molecular weight is 324 g/mol. The van der Waals surface area contributed by atoms with Crippen LogP contribution in [0.1, 0.15) is 29.7 Å². The van der Waals surface area contributed by atoms with E-state index in [1.54, 1.807) is 7.11 Å². The summed E-state index contributed by atoms with van der Waals surface area (Å²) in [6, 6.07) is 12.0. The molecule has 0 spiro atoms. The molecule has 112 valence electrons. The maximum absolute atomic E-state index is 6.26. The number of halogens is 2. The Labute approximate surface area is 136 Å². The van der Waals surface area contributed by atoms with Gasteiger partial charge in [-0.15, -0.1) is 0 Å². The van der Waals surface area contributed by atoms with Crippen molar-refractivity contribution in [1.82, 2.24) is 5.32 Å². The molecule has 1 unspecified atom stereocenters. The molecule has 2 nitrogen and oxygen atoms in total. The van der Waals surface area contributed by atoms with Crippen molar-refractivity contribution in [3.05, 3.63) is 63.1 Å². The molecule has 0 aliphatic carbocycles. The molecule has 0 saturated heterocycles. The van der Waals surface area contributed by atoms with Crippen LogP contribution in [0.3, 0.4) is 0 Å². The molecular formula is C17H19Cl2NO. The molecule has 0 saturated carbocycles. The maximum atomic E-state index is 6.26. The lowest BCUT2D eigenvalue weighted by atomic mass is 9.97. The highest BCUT2D eigenvalue weighted by molar-refractivity contribution is 6.32. The summed E-state index contributed by atoms with van der Waals surface area (Å²) in [5, 5.41) is 4.86. The van der Waals surface area contributed by atoms with E-state index in [1.165, 1.54) is 0 Å². The first kappa shape index (κ1) is 16.2. The van der Waals surface area contributed by atoms with Crippen LogP contribution in [0, 0.1) is 6.92 Å². The second-order valence-electron chi connectivity index (χ2n) is 4.89. The topological polar surface area (TPSA) is 21.3 Å². The minimum absolute atomic E-state index is 0.0549. The van der Waals surface area contributed by atoms with Gasteiger partial charge >= 0.3 is 0 Å². The van der Waals surface area contributed by atoms with Crippen LogP contribution in [-0.2, 0) is 0 Å². The largest absolute Gasteiger partial charge is 0.495 e. The Bertz CT molecular complexity index is 628. The Morgan fingerprint density at radius 2 is 1.71 bits per heavy atom. The minimum atomic E-state index is 0.0549. The van der Waals surface area contributed by atoms with Gasteiger partial charge in [0.25, 0.3) is 0 Å². The van der Waals surface area contributed by atoms with Crippen LogP contribution in [0.15, 0.2) is 36.4 Å². The highest BCUT2D eigenvalue weighted by Crippen LogP contribution is 2.31. The van der Waals surface area contributed by atoms with E-state index in [9.17, 15) is 0 Å². The van der Waals surface area contributed by atoms with Crippen molar-refractivity contribution >= 4 is 23.2 Å². The number of methoxy groups -OCH3 is 1. The lowest BCUT2D eigenvalue weighted by molar-refractivity contribution is 0.414. The van der Waals surface area contributed by atoms with Crippen molar-refractivity contribution in [3.8, 4) is 5.75 Å². The molecule has 0 amide bonds. The SMILES string of the molecule is CCNC(c1ccc(C)c(Cl)c1)c1ccc(Cl)c(OC)c1. The van der Waals surface area contributed by atoms with E-state index in [-0.39, 0.29) is 6.04 Å². The predicted octanol–water partition coefficient (Wildman–Crippen LogP) is 5.01.